The van der Waals surface area contributed by atoms with Crippen LogP contribution in [-0.2, 0) is 21.4 Å². The van der Waals surface area contributed by atoms with Crippen molar-refractivity contribution in [3.8, 4) is 0 Å². The van der Waals surface area contributed by atoms with Crippen molar-refractivity contribution in [1.29, 1.82) is 0 Å². The number of rotatable bonds is 7. The molecule has 19 heavy (non-hydrogen) atoms. The highest BCUT2D eigenvalue weighted by Gasteiger charge is 2.12. The van der Waals surface area contributed by atoms with Gasteiger partial charge in [0.1, 0.15) is 0 Å². The minimum atomic E-state index is -3.41. The van der Waals surface area contributed by atoms with Crippen LogP contribution in [0.5, 0.6) is 0 Å². The van der Waals surface area contributed by atoms with Gasteiger partial charge in [-0.1, -0.05) is 30.3 Å². The minimum absolute atomic E-state index is 0.0461. The van der Waals surface area contributed by atoms with Crippen LogP contribution in [0.25, 0.3) is 0 Å². The number of nitrogens with one attached hydrogen (secondary N) is 2. The first kappa shape index (κ1) is 15.6. The molecule has 0 aliphatic carbocycles. The maximum absolute atomic E-state index is 11.7. The topological polar surface area (TPSA) is 101 Å². The first-order chi connectivity index (χ1) is 8.91. The maximum Gasteiger partial charge on any atom is 0.236 e. The number of carbonyl (C=O) groups excluding carboxylic acids is 1. The molecule has 0 aliphatic rings. The van der Waals surface area contributed by atoms with Crippen LogP contribution in [0.15, 0.2) is 30.3 Å². The zero-order valence-electron chi connectivity index (χ0n) is 10.8. The van der Waals surface area contributed by atoms with Crippen LogP contribution >= 0.6 is 0 Å². The summed E-state index contributed by atoms with van der Waals surface area (Å²) in [7, 11) is -3.41. The van der Waals surface area contributed by atoms with Gasteiger partial charge in [0.2, 0.25) is 15.9 Å². The normalized spacial score (nSPS) is 12.9. The number of carbonyl (C=O) groups is 1. The molecule has 7 heteroatoms. The van der Waals surface area contributed by atoms with Crippen molar-refractivity contribution in [3.05, 3.63) is 35.9 Å². The van der Waals surface area contributed by atoms with Crippen molar-refractivity contribution in [2.45, 2.75) is 19.5 Å². The van der Waals surface area contributed by atoms with E-state index in [4.69, 9.17) is 5.73 Å². The summed E-state index contributed by atoms with van der Waals surface area (Å²) in [6.07, 6.45) is 0. The molecule has 1 aromatic rings. The van der Waals surface area contributed by atoms with E-state index >= 15 is 0 Å². The molecule has 0 radical (unpaired) electrons. The number of hydrogen-bond donors (Lipinski definition) is 3. The third kappa shape index (κ3) is 6.32. The molecule has 4 N–H and O–H groups in total. The lowest BCUT2D eigenvalue weighted by molar-refractivity contribution is -0.121. The summed E-state index contributed by atoms with van der Waals surface area (Å²) in [6, 6.07) is 8.57. The Morgan fingerprint density at radius 1 is 1.32 bits per heavy atom. The van der Waals surface area contributed by atoms with Gasteiger partial charge in [0, 0.05) is 13.1 Å². The molecule has 1 amide bonds. The Morgan fingerprint density at radius 3 is 2.53 bits per heavy atom. The molecule has 0 saturated carbocycles. The highest BCUT2D eigenvalue weighted by atomic mass is 32.2. The SMILES string of the molecule is C[C@@H](N)C(=O)NCCS(=O)(=O)NCc1ccccc1. The van der Waals surface area contributed by atoms with Crippen molar-refractivity contribution >= 4 is 15.9 Å². The van der Waals surface area contributed by atoms with Crippen molar-refractivity contribution in [2.24, 2.45) is 5.73 Å². The Bertz CT molecular complexity index is 500. The van der Waals surface area contributed by atoms with Crippen LogP contribution in [0.3, 0.4) is 0 Å². The first-order valence-corrected chi connectivity index (χ1v) is 7.60. The van der Waals surface area contributed by atoms with Gasteiger partial charge < -0.3 is 11.1 Å². The third-order valence-corrected chi connectivity index (χ3v) is 3.75. The lowest BCUT2D eigenvalue weighted by Crippen LogP contribution is -2.41. The summed E-state index contributed by atoms with van der Waals surface area (Å²) in [5.74, 6) is -0.531. The van der Waals surface area contributed by atoms with Gasteiger partial charge in [-0.15, -0.1) is 0 Å². The molecule has 0 heterocycles. The summed E-state index contributed by atoms with van der Waals surface area (Å²) in [5, 5.41) is 2.45. The average molecular weight is 285 g/mol. The fraction of sp³-hybridized carbons (Fsp3) is 0.417. The van der Waals surface area contributed by atoms with E-state index in [1.54, 1.807) is 0 Å². The van der Waals surface area contributed by atoms with Gasteiger partial charge in [0.25, 0.3) is 0 Å². The largest absolute Gasteiger partial charge is 0.354 e. The molecular formula is C12H19N3O3S. The van der Waals surface area contributed by atoms with Crippen LogP contribution in [0.2, 0.25) is 0 Å². The zero-order chi connectivity index (χ0) is 14.3. The van der Waals surface area contributed by atoms with Crippen LogP contribution in [-0.4, -0.2) is 32.7 Å². The van der Waals surface area contributed by atoms with Crippen molar-refractivity contribution < 1.29 is 13.2 Å². The number of amides is 1. The van der Waals surface area contributed by atoms with E-state index in [2.05, 4.69) is 10.0 Å². The molecule has 0 bridgehead atoms. The van der Waals surface area contributed by atoms with Gasteiger partial charge in [-0.05, 0) is 12.5 Å². The monoisotopic (exact) mass is 285 g/mol. The second-order valence-electron chi connectivity index (χ2n) is 4.21. The molecule has 0 spiro atoms. The fourth-order valence-corrected chi connectivity index (χ4v) is 2.23. The van der Waals surface area contributed by atoms with E-state index in [0.29, 0.717) is 0 Å². The molecule has 1 atom stereocenters. The molecule has 0 aromatic heterocycles. The molecule has 0 saturated heterocycles. The average Bonchev–Trinajstić information content (AvgIpc) is 2.37. The first-order valence-electron chi connectivity index (χ1n) is 5.95. The molecule has 6 nitrogen and oxygen atoms in total. The number of sulfonamides is 1. The highest BCUT2D eigenvalue weighted by Crippen LogP contribution is 1.98. The zero-order valence-corrected chi connectivity index (χ0v) is 11.6. The number of hydrogen-bond acceptors (Lipinski definition) is 4. The van der Waals surface area contributed by atoms with Crippen molar-refractivity contribution in [1.82, 2.24) is 10.0 Å². The van der Waals surface area contributed by atoms with E-state index in [9.17, 15) is 13.2 Å². The Labute approximate surface area is 113 Å². The summed E-state index contributed by atoms with van der Waals surface area (Å²) in [4.78, 5) is 11.2. The van der Waals surface area contributed by atoms with E-state index < -0.39 is 16.1 Å². The predicted molar refractivity (Wildman–Crippen MR) is 73.7 cm³/mol. The lowest BCUT2D eigenvalue weighted by atomic mass is 10.2. The van der Waals surface area contributed by atoms with Crippen LogP contribution in [0, 0.1) is 0 Å². The minimum Gasteiger partial charge on any atom is -0.354 e. The summed E-state index contributed by atoms with van der Waals surface area (Å²) >= 11 is 0. The maximum atomic E-state index is 11.7. The van der Waals surface area contributed by atoms with Crippen molar-refractivity contribution in [2.75, 3.05) is 12.3 Å². The summed E-state index contributed by atoms with van der Waals surface area (Å²) in [5.41, 5.74) is 6.22. The third-order valence-electron chi connectivity index (χ3n) is 2.42. The van der Waals surface area contributed by atoms with Gasteiger partial charge in [-0.3, -0.25) is 4.79 Å². The fourth-order valence-electron chi connectivity index (χ4n) is 1.33. The second-order valence-corrected chi connectivity index (χ2v) is 6.13. The number of nitrogens with two attached hydrogens (primary N) is 1. The van der Waals surface area contributed by atoms with Gasteiger partial charge in [0.05, 0.1) is 11.8 Å². The Morgan fingerprint density at radius 2 is 1.95 bits per heavy atom. The van der Waals surface area contributed by atoms with Crippen molar-refractivity contribution in [3.63, 3.8) is 0 Å². The quantitative estimate of drug-likeness (QED) is 0.632. The summed E-state index contributed by atoms with van der Waals surface area (Å²) < 4.78 is 25.8. The lowest BCUT2D eigenvalue weighted by Gasteiger charge is -2.09. The van der Waals surface area contributed by atoms with E-state index in [0.717, 1.165) is 5.56 Å². The molecule has 1 aromatic carbocycles. The van der Waals surface area contributed by atoms with Crippen LogP contribution < -0.4 is 15.8 Å². The molecule has 0 fully saturated rings. The predicted octanol–water partition coefficient (Wildman–Crippen LogP) is -0.431. The van der Waals surface area contributed by atoms with Gasteiger partial charge in [-0.2, -0.15) is 0 Å². The van der Waals surface area contributed by atoms with Gasteiger partial charge in [0.15, 0.2) is 0 Å². The van der Waals surface area contributed by atoms with E-state index in [-0.39, 0.29) is 24.7 Å². The molecule has 0 aliphatic heterocycles. The van der Waals surface area contributed by atoms with Gasteiger partial charge in [-0.25, -0.2) is 13.1 Å². The Kier molecular flexibility index (Phi) is 5.94. The molecule has 1 rings (SSSR count). The number of benzene rings is 1. The second kappa shape index (κ2) is 7.22. The molecular weight excluding hydrogens is 266 g/mol. The smallest absolute Gasteiger partial charge is 0.236 e. The van der Waals surface area contributed by atoms with E-state index in [1.165, 1.54) is 6.92 Å². The van der Waals surface area contributed by atoms with Gasteiger partial charge >= 0.3 is 0 Å². The van der Waals surface area contributed by atoms with Crippen LogP contribution in [0.1, 0.15) is 12.5 Å². The Hall–Kier alpha value is -1.44. The summed E-state index contributed by atoms with van der Waals surface area (Å²) in [6.45, 7) is 1.83. The highest BCUT2D eigenvalue weighted by molar-refractivity contribution is 7.89. The Balaban J connectivity index is 2.34. The van der Waals surface area contributed by atoms with E-state index in [1.807, 2.05) is 30.3 Å². The standard InChI is InChI=1S/C12H19N3O3S/c1-10(13)12(16)14-7-8-19(17,18)15-9-11-5-3-2-4-6-11/h2-6,10,15H,7-9,13H2,1H3,(H,14,16)/t10-/m1/s1. The molecule has 0 unspecified atom stereocenters. The molecule has 106 valence electrons. The van der Waals surface area contributed by atoms with Crippen LogP contribution in [0.4, 0.5) is 0 Å².